The molecule has 2 fully saturated rings. The van der Waals surface area contributed by atoms with E-state index in [2.05, 4.69) is 5.32 Å². The largest absolute Gasteiger partial charge is 0.508 e. The van der Waals surface area contributed by atoms with Crippen LogP contribution in [0.4, 0.5) is 0 Å². The lowest BCUT2D eigenvalue weighted by Gasteiger charge is -2.42. The Hall–Kier alpha value is -1.51. The zero-order valence-corrected chi connectivity index (χ0v) is 9.07. The minimum atomic E-state index is 0.0793. The normalized spacial score (nSPS) is 31.8. The molecule has 3 nitrogen and oxygen atoms in total. The van der Waals surface area contributed by atoms with Crippen molar-refractivity contribution >= 4 is 5.91 Å². The highest BCUT2D eigenvalue weighted by Gasteiger charge is 2.54. The van der Waals surface area contributed by atoms with Crippen LogP contribution in [0, 0.1) is 11.3 Å². The quantitative estimate of drug-likeness (QED) is 0.788. The fourth-order valence-electron chi connectivity index (χ4n) is 3.02. The summed E-state index contributed by atoms with van der Waals surface area (Å²) in [6.45, 7) is 0.769. The van der Waals surface area contributed by atoms with E-state index in [1.54, 1.807) is 6.07 Å². The second-order valence-corrected chi connectivity index (χ2v) is 4.98. The minimum Gasteiger partial charge on any atom is -0.508 e. The molecule has 1 aliphatic heterocycles. The maximum Gasteiger partial charge on any atom is 0.223 e. The third-order valence-electron chi connectivity index (χ3n) is 4.14. The van der Waals surface area contributed by atoms with Crippen LogP contribution < -0.4 is 5.32 Å². The molecule has 1 aromatic rings. The van der Waals surface area contributed by atoms with E-state index in [1.165, 1.54) is 0 Å². The van der Waals surface area contributed by atoms with Crippen molar-refractivity contribution < 1.29 is 9.90 Å². The Morgan fingerprint density at radius 3 is 2.88 bits per heavy atom. The Labute approximate surface area is 94.5 Å². The van der Waals surface area contributed by atoms with Crippen LogP contribution in [0.3, 0.4) is 0 Å². The standard InChI is InChI=1S/C13H15NO2/c15-11-4-2-1-3-9(11)7-13-6-5-10(13)12(16)14-8-13/h1-4,10,15H,5-8H2,(H,14,16). The number of fused-ring (bicyclic) bond motifs is 1. The molecule has 84 valence electrons. The number of amides is 1. The van der Waals surface area contributed by atoms with E-state index in [9.17, 15) is 9.90 Å². The molecule has 2 atom stereocenters. The monoisotopic (exact) mass is 217 g/mol. The van der Waals surface area contributed by atoms with Gasteiger partial charge in [-0.15, -0.1) is 0 Å². The first-order valence-corrected chi connectivity index (χ1v) is 5.76. The number of nitrogens with one attached hydrogen (secondary N) is 1. The van der Waals surface area contributed by atoms with Crippen molar-refractivity contribution in [1.29, 1.82) is 0 Å². The first-order valence-electron chi connectivity index (χ1n) is 5.76. The molecule has 1 saturated carbocycles. The van der Waals surface area contributed by atoms with E-state index in [-0.39, 0.29) is 17.2 Å². The van der Waals surface area contributed by atoms with Crippen LogP contribution in [-0.2, 0) is 11.2 Å². The Balaban J connectivity index is 1.86. The van der Waals surface area contributed by atoms with Gasteiger partial charge in [0.25, 0.3) is 0 Å². The first kappa shape index (κ1) is 9.70. The van der Waals surface area contributed by atoms with Gasteiger partial charge in [-0.1, -0.05) is 18.2 Å². The minimum absolute atomic E-state index is 0.0793. The van der Waals surface area contributed by atoms with Gasteiger partial charge in [0.15, 0.2) is 0 Å². The summed E-state index contributed by atoms with van der Waals surface area (Å²) in [4.78, 5) is 11.5. The summed E-state index contributed by atoms with van der Waals surface area (Å²) < 4.78 is 0. The lowest BCUT2D eigenvalue weighted by molar-refractivity contribution is -0.127. The smallest absolute Gasteiger partial charge is 0.223 e. The second-order valence-electron chi connectivity index (χ2n) is 4.98. The molecule has 0 aromatic heterocycles. The van der Waals surface area contributed by atoms with Crippen molar-refractivity contribution in [1.82, 2.24) is 5.32 Å². The van der Waals surface area contributed by atoms with Crippen LogP contribution in [0.25, 0.3) is 0 Å². The zero-order valence-electron chi connectivity index (χ0n) is 9.07. The number of para-hydroxylation sites is 1. The first-order chi connectivity index (χ1) is 7.71. The van der Waals surface area contributed by atoms with Crippen molar-refractivity contribution in [2.75, 3.05) is 6.54 Å². The van der Waals surface area contributed by atoms with Crippen LogP contribution in [0.1, 0.15) is 18.4 Å². The molecular weight excluding hydrogens is 202 g/mol. The highest BCUT2D eigenvalue weighted by molar-refractivity contribution is 5.83. The maximum atomic E-state index is 11.5. The molecule has 1 heterocycles. The van der Waals surface area contributed by atoms with Gasteiger partial charge in [0, 0.05) is 17.9 Å². The fraction of sp³-hybridized carbons (Fsp3) is 0.462. The number of hydrogen-bond donors (Lipinski definition) is 2. The molecule has 0 radical (unpaired) electrons. The van der Waals surface area contributed by atoms with Gasteiger partial charge < -0.3 is 10.4 Å². The molecular formula is C13H15NO2. The van der Waals surface area contributed by atoms with Crippen molar-refractivity contribution in [2.45, 2.75) is 19.3 Å². The Morgan fingerprint density at radius 1 is 1.44 bits per heavy atom. The third-order valence-corrected chi connectivity index (χ3v) is 4.14. The molecule has 1 aromatic carbocycles. The SMILES string of the molecule is O=C1NCC2(Cc3ccccc3O)CCC12. The van der Waals surface area contributed by atoms with E-state index >= 15 is 0 Å². The van der Waals surface area contributed by atoms with Crippen LogP contribution in [0.2, 0.25) is 0 Å². The van der Waals surface area contributed by atoms with E-state index in [0.29, 0.717) is 5.75 Å². The number of hydrogen-bond acceptors (Lipinski definition) is 2. The number of rotatable bonds is 2. The number of benzene rings is 1. The molecule has 1 saturated heterocycles. The summed E-state index contributed by atoms with van der Waals surface area (Å²) in [5.74, 6) is 0.718. The van der Waals surface area contributed by atoms with Crippen molar-refractivity contribution in [3.8, 4) is 5.75 Å². The summed E-state index contributed by atoms with van der Waals surface area (Å²) in [5, 5.41) is 12.7. The number of phenols is 1. The lowest BCUT2D eigenvalue weighted by Crippen LogP contribution is -2.42. The molecule has 1 aliphatic carbocycles. The summed E-state index contributed by atoms with van der Waals surface area (Å²) in [7, 11) is 0. The summed E-state index contributed by atoms with van der Waals surface area (Å²) in [6, 6.07) is 7.42. The van der Waals surface area contributed by atoms with E-state index in [1.807, 2.05) is 18.2 Å². The number of aromatic hydroxyl groups is 1. The number of carbonyl (C=O) groups excluding carboxylic acids is 1. The van der Waals surface area contributed by atoms with Gasteiger partial charge in [-0.3, -0.25) is 4.79 Å². The Morgan fingerprint density at radius 2 is 2.25 bits per heavy atom. The average Bonchev–Trinajstić information content (AvgIpc) is 2.44. The van der Waals surface area contributed by atoms with Gasteiger partial charge >= 0.3 is 0 Å². The molecule has 2 unspecified atom stereocenters. The van der Waals surface area contributed by atoms with Crippen LogP contribution in [0.15, 0.2) is 24.3 Å². The molecule has 16 heavy (non-hydrogen) atoms. The van der Waals surface area contributed by atoms with Gasteiger partial charge in [0.2, 0.25) is 5.91 Å². The average molecular weight is 217 g/mol. The van der Waals surface area contributed by atoms with Gasteiger partial charge in [0.1, 0.15) is 5.75 Å². The predicted octanol–water partition coefficient (Wildman–Crippen LogP) is 1.46. The van der Waals surface area contributed by atoms with Gasteiger partial charge in [-0.2, -0.15) is 0 Å². The number of carbonyl (C=O) groups is 1. The highest BCUT2D eigenvalue weighted by atomic mass is 16.3. The van der Waals surface area contributed by atoms with Crippen LogP contribution in [-0.4, -0.2) is 17.6 Å². The molecule has 1 amide bonds. The number of phenolic OH excluding ortho intramolecular Hbond substituents is 1. The van der Waals surface area contributed by atoms with E-state index < -0.39 is 0 Å². The van der Waals surface area contributed by atoms with Crippen molar-refractivity contribution in [3.05, 3.63) is 29.8 Å². The maximum absolute atomic E-state index is 11.5. The zero-order chi connectivity index (χ0) is 11.2. The predicted molar refractivity (Wildman–Crippen MR) is 60.0 cm³/mol. The van der Waals surface area contributed by atoms with Gasteiger partial charge in [-0.25, -0.2) is 0 Å². The summed E-state index contributed by atoms with van der Waals surface area (Å²) in [5.41, 5.74) is 1.04. The van der Waals surface area contributed by atoms with E-state index in [0.717, 1.165) is 31.4 Å². The van der Waals surface area contributed by atoms with Crippen LogP contribution >= 0.6 is 0 Å². The molecule has 3 rings (SSSR count). The molecule has 0 bridgehead atoms. The topological polar surface area (TPSA) is 49.3 Å². The summed E-state index contributed by atoms with van der Waals surface area (Å²) >= 11 is 0. The van der Waals surface area contributed by atoms with Crippen LogP contribution in [0.5, 0.6) is 5.75 Å². The fourth-order valence-corrected chi connectivity index (χ4v) is 3.02. The molecule has 2 aliphatic rings. The molecule has 2 N–H and O–H groups in total. The molecule has 3 heteroatoms. The Bertz CT molecular complexity index is 443. The summed E-state index contributed by atoms with van der Waals surface area (Å²) in [6.07, 6.45) is 2.90. The van der Waals surface area contributed by atoms with E-state index in [4.69, 9.17) is 0 Å². The Kier molecular flexibility index (Phi) is 1.96. The third kappa shape index (κ3) is 1.24. The lowest BCUT2D eigenvalue weighted by atomic mass is 9.59. The van der Waals surface area contributed by atoms with Gasteiger partial charge in [0.05, 0.1) is 0 Å². The van der Waals surface area contributed by atoms with Crippen molar-refractivity contribution in [3.63, 3.8) is 0 Å². The van der Waals surface area contributed by atoms with Crippen molar-refractivity contribution in [2.24, 2.45) is 11.3 Å². The molecule has 0 spiro atoms. The highest BCUT2D eigenvalue weighted by Crippen LogP contribution is 2.52. The van der Waals surface area contributed by atoms with Gasteiger partial charge in [-0.05, 0) is 30.9 Å². The second kappa shape index (κ2) is 3.24.